The molecule has 0 bridgehead atoms. The number of rotatable bonds is 5. The first-order valence-corrected chi connectivity index (χ1v) is 10.5. The average molecular weight is 413 g/mol. The Hall–Kier alpha value is -2.80. The molecule has 2 atom stereocenters. The van der Waals surface area contributed by atoms with Gasteiger partial charge in [-0.2, -0.15) is 0 Å². The van der Waals surface area contributed by atoms with Crippen LogP contribution in [0, 0.1) is 5.82 Å². The van der Waals surface area contributed by atoms with Crippen LogP contribution in [0.2, 0.25) is 0 Å². The highest BCUT2D eigenvalue weighted by molar-refractivity contribution is 5.82. The van der Waals surface area contributed by atoms with Gasteiger partial charge in [0, 0.05) is 37.4 Å². The van der Waals surface area contributed by atoms with Crippen LogP contribution < -0.4 is 19.7 Å². The molecular weight excluding hydrogens is 385 g/mol. The number of fused-ring (bicyclic) bond motifs is 1. The smallest absolute Gasteiger partial charge is 0.265 e. The molecule has 4 rings (SSSR count). The Balaban J connectivity index is 1.46. The van der Waals surface area contributed by atoms with E-state index in [2.05, 4.69) is 22.0 Å². The number of carbonyl (C=O) groups is 1. The normalized spacial score (nSPS) is 20.0. The largest absolute Gasteiger partial charge is 0.485 e. The van der Waals surface area contributed by atoms with E-state index in [1.165, 1.54) is 12.1 Å². The van der Waals surface area contributed by atoms with Gasteiger partial charge in [-0.3, -0.25) is 4.79 Å². The van der Waals surface area contributed by atoms with Crippen molar-refractivity contribution in [2.75, 3.05) is 44.2 Å². The molecular formula is C23H28FN3O3. The van der Waals surface area contributed by atoms with E-state index in [4.69, 9.17) is 9.47 Å². The van der Waals surface area contributed by atoms with Gasteiger partial charge in [-0.15, -0.1) is 0 Å². The standard InChI is InChI=1S/C23H28FN3O3/c1-3-26-10-12-27(13-11-26)19-9-8-17(24)14-18(19)16(2)25-23(28)22-15-29-20-6-4-5-7-21(20)30-22/h4-9,14,16,22H,3,10-13,15H2,1-2H3,(H,25,28). The minimum absolute atomic E-state index is 0.143. The van der Waals surface area contributed by atoms with Crippen LogP contribution >= 0.6 is 0 Å². The number of halogens is 1. The minimum Gasteiger partial charge on any atom is -0.485 e. The molecule has 6 nitrogen and oxygen atoms in total. The number of amides is 1. The van der Waals surface area contributed by atoms with Gasteiger partial charge in [-0.05, 0) is 43.8 Å². The SMILES string of the molecule is CCN1CCN(c2ccc(F)cc2C(C)NC(=O)C2COc3ccccc3O2)CC1. The molecule has 1 N–H and O–H groups in total. The predicted molar refractivity (Wildman–Crippen MR) is 114 cm³/mol. The molecule has 1 fully saturated rings. The van der Waals surface area contributed by atoms with E-state index in [0.717, 1.165) is 44.0 Å². The summed E-state index contributed by atoms with van der Waals surface area (Å²) in [5.41, 5.74) is 1.73. The molecule has 2 aliphatic rings. The number of carbonyl (C=O) groups excluding carboxylic acids is 1. The Kier molecular flexibility index (Phi) is 6.08. The highest BCUT2D eigenvalue weighted by atomic mass is 19.1. The van der Waals surface area contributed by atoms with Crippen LogP contribution in [0.3, 0.4) is 0 Å². The maximum absolute atomic E-state index is 14.1. The molecule has 2 aliphatic heterocycles. The summed E-state index contributed by atoms with van der Waals surface area (Å²) in [6.45, 7) is 8.91. The van der Waals surface area contributed by atoms with Crippen molar-refractivity contribution in [3.8, 4) is 11.5 Å². The second kappa shape index (κ2) is 8.92. The molecule has 7 heteroatoms. The Morgan fingerprint density at radius 1 is 1.17 bits per heavy atom. The fraction of sp³-hybridized carbons (Fsp3) is 0.435. The number of hydrogen-bond donors (Lipinski definition) is 1. The number of anilines is 1. The number of ether oxygens (including phenoxy) is 2. The van der Waals surface area contributed by atoms with E-state index in [0.29, 0.717) is 11.5 Å². The van der Waals surface area contributed by atoms with Crippen molar-refractivity contribution < 1.29 is 18.7 Å². The molecule has 2 heterocycles. The van der Waals surface area contributed by atoms with E-state index < -0.39 is 6.10 Å². The molecule has 0 saturated carbocycles. The van der Waals surface area contributed by atoms with Gasteiger partial charge in [0.1, 0.15) is 12.4 Å². The molecule has 0 aromatic heterocycles. The Labute approximate surface area is 176 Å². The third-order valence-corrected chi connectivity index (χ3v) is 5.78. The fourth-order valence-electron chi connectivity index (χ4n) is 4.00. The number of piperazine rings is 1. The van der Waals surface area contributed by atoms with E-state index in [-0.39, 0.29) is 24.4 Å². The Morgan fingerprint density at radius 2 is 1.90 bits per heavy atom. The number of para-hydroxylation sites is 2. The summed E-state index contributed by atoms with van der Waals surface area (Å²) in [6.07, 6.45) is -0.743. The third-order valence-electron chi connectivity index (χ3n) is 5.78. The van der Waals surface area contributed by atoms with Crippen LogP contribution in [-0.2, 0) is 4.79 Å². The molecule has 1 saturated heterocycles. The number of benzene rings is 2. The van der Waals surface area contributed by atoms with Crippen LogP contribution in [0.5, 0.6) is 11.5 Å². The van der Waals surface area contributed by atoms with Crippen molar-refractivity contribution in [2.45, 2.75) is 26.0 Å². The summed E-state index contributed by atoms with van der Waals surface area (Å²) in [5, 5.41) is 2.98. The average Bonchev–Trinajstić information content (AvgIpc) is 2.78. The molecule has 0 aliphatic carbocycles. The zero-order valence-corrected chi connectivity index (χ0v) is 17.4. The van der Waals surface area contributed by atoms with Gasteiger partial charge < -0.3 is 24.6 Å². The quantitative estimate of drug-likeness (QED) is 0.817. The summed E-state index contributed by atoms with van der Waals surface area (Å²) in [7, 11) is 0. The van der Waals surface area contributed by atoms with Crippen LogP contribution in [0.25, 0.3) is 0 Å². The van der Waals surface area contributed by atoms with Crippen molar-refractivity contribution in [3.05, 3.63) is 53.8 Å². The van der Waals surface area contributed by atoms with Crippen molar-refractivity contribution >= 4 is 11.6 Å². The zero-order chi connectivity index (χ0) is 21.1. The zero-order valence-electron chi connectivity index (χ0n) is 17.4. The van der Waals surface area contributed by atoms with Crippen LogP contribution in [0.4, 0.5) is 10.1 Å². The molecule has 160 valence electrons. The lowest BCUT2D eigenvalue weighted by atomic mass is 10.0. The van der Waals surface area contributed by atoms with Crippen LogP contribution in [-0.4, -0.2) is 56.2 Å². The lowest BCUT2D eigenvalue weighted by Gasteiger charge is -2.37. The molecule has 0 radical (unpaired) electrons. The summed E-state index contributed by atoms with van der Waals surface area (Å²) >= 11 is 0. The van der Waals surface area contributed by atoms with Gasteiger partial charge in [0.2, 0.25) is 6.10 Å². The molecule has 30 heavy (non-hydrogen) atoms. The second-order valence-corrected chi connectivity index (χ2v) is 7.72. The summed E-state index contributed by atoms with van der Waals surface area (Å²) < 4.78 is 25.5. The van der Waals surface area contributed by atoms with E-state index in [1.807, 2.05) is 31.2 Å². The number of nitrogens with zero attached hydrogens (tertiary/aromatic N) is 2. The highest BCUT2D eigenvalue weighted by Crippen LogP contribution is 2.32. The third kappa shape index (κ3) is 4.36. The number of nitrogens with one attached hydrogen (secondary N) is 1. The maximum Gasteiger partial charge on any atom is 0.265 e. The van der Waals surface area contributed by atoms with Crippen molar-refractivity contribution in [3.63, 3.8) is 0 Å². The van der Waals surface area contributed by atoms with Crippen LogP contribution in [0.15, 0.2) is 42.5 Å². The lowest BCUT2D eigenvalue weighted by Crippen LogP contribution is -2.47. The van der Waals surface area contributed by atoms with Gasteiger partial charge in [-0.25, -0.2) is 4.39 Å². The molecule has 0 spiro atoms. The predicted octanol–water partition coefficient (Wildman–Crippen LogP) is 2.98. The monoisotopic (exact) mass is 413 g/mol. The molecule has 2 aromatic carbocycles. The Morgan fingerprint density at radius 3 is 2.63 bits per heavy atom. The second-order valence-electron chi connectivity index (χ2n) is 7.72. The van der Waals surface area contributed by atoms with E-state index in [9.17, 15) is 9.18 Å². The minimum atomic E-state index is -0.743. The van der Waals surface area contributed by atoms with Crippen molar-refractivity contribution in [1.82, 2.24) is 10.2 Å². The van der Waals surface area contributed by atoms with Gasteiger partial charge in [-0.1, -0.05) is 19.1 Å². The van der Waals surface area contributed by atoms with Gasteiger partial charge in [0.25, 0.3) is 5.91 Å². The summed E-state index contributed by atoms with van der Waals surface area (Å²) in [6, 6.07) is 11.7. The van der Waals surface area contributed by atoms with Crippen molar-refractivity contribution in [1.29, 1.82) is 0 Å². The summed E-state index contributed by atoms with van der Waals surface area (Å²) in [4.78, 5) is 17.5. The first-order chi connectivity index (χ1) is 14.5. The topological polar surface area (TPSA) is 54.0 Å². The van der Waals surface area contributed by atoms with E-state index in [1.54, 1.807) is 6.07 Å². The molecule has 1 amide bonds. The first kappa shape index (κ1) is 20.5. The molecule has 2 aromatic rings. The number of hydrogen-bond acceptors (Lipinski definition) is 5. The fourth-order valence-corrected chi connectivity index (χ4v) is 4.00. The van der Waals surface area contributed by atoms with E-state index >= 15 is 0 Å². The maximum atomic E-state index is 14.1. The van der Waals surface area contributed by atoms with Gasteiger partial charge >= 0.3 is 0 Å². The molecule has 2 unspecified atom stereocenters. The van der Waals surface area contributed by atoms with Gasteiger partial charge in [0.05, 0.1) is 6.04 Å². The number of likely N-dealkylation sites (N-methyl/N-ethyl adjacent to an activating group) is 1. The lowest BCUT2D eigenvalue weighted by molar-refractivity contribution is -0.131. The van der Waals surface area contributed by atoms with Gasteiger partial charge in [0.15, 0.2) is 11.5 Å². The Bertz CT molecular complexity index is 899. The van der Waals surface area contributed by atoms with Crippen molar-refractivity contribution in [2.24, 2.45) is 0 Å². The highest BCUT2D eigenvalue weighted by Gasteiger charge is 2.29. The van der Waals surface area contributed by atoms with Crippen LogP contribution in [0.1, 0.15) is 25.5 Å². The first-order valence-electron chi connectivity index (χ1n) is 10.5. The summed E-state index contributed by atoms with van der Waals surface area (Å²) in [5.74, 6) is 0.598.